The number of aryl methyl sites for hydroxylation is 1. The number of para-hydroxylation sites is 1. The number of carbonyl (C=O) groups excluding carboxylic acids is 1. The van der Waals surface area contributed by atoms with Crippen LogP contribution in [0.4, 0.5) is 11.4 Å². The molecule has 0 N–H and O–H groups in total. The van der Waals surface area contributed by atoms with E-state index in [1.165, 1.54) is 0 Å². The number of ether oxygens (including phenoxy) is 2. The predicted molar refractivity (Wildman–Crippen MR) is 126 cm³/mol. The summed E-state index contributed by atoms with van der Waals surface area (Å²) in [5, 5.41) is 5.51. The molecule has 3 heterocycles. The van der Waals surface area contributed by atoms with E-state index in [0.717, 1.165) is 22.5 Å². The number of halogens is 1. The monoisotopic (exact) mass is 457 g/mol. The minimum absolute atomic E-state index is 0.278. The van der Waals surface area contributed by atoms with Gasteiger partial charge in [-0.05, 0) is 37.3 Å². The molecule has 7 heteroatoms. The van der Waals surface area contributed by atoms with Crippen LogP contribution in [0.15, 0.2) is 79.0 Å². The lowest BCUT2D eigenvalue weighted by Crippen LogP contribution is -2.39. The molecule has 1 spiro atoms. The second-order valence-corrected chi connectivity index (χ2v) is 8.56. The maximum Gasteiger partial charge on any atom is 0.297 e. The lowest BCUT2D eigenvalue weighted by molar-refractivity contribution is -0.180. The zero-order valence-corrected chi connectivity index (χ0v) is 18.6. The highest BCUT2D eigenvalue weighted by Crippen LogP contribution is 2.50. The van der Waals surface area contributed by atoms with Crippen LogP contribution >= 0.6 is 11.6 Å². The zero-order chi connectivity index (χ0) is 22.6. The number of hydrogen-bond donors (Lipinski definition) is 0. The summed E-state index contributed by atoms with van der Waals surface area (Å²) in [5.41, 5.74) is 5.63. The maximum atomic E-state index is 13.8. The first-order chi connectivity index (χ1) is 16.1. The van der Waals surface area contributed by atoms with E-state index in [-0.39, 0.29) is 5.91 Å². The van der Waals surface area contributed by atoms with Crippen LogP contribution in [0.25, 0.3) is 16.9 Å². The van der Waals surface area contributed by atoms with E-state index in [9.17, 15) is 4.79 Å². The van der Waals surface area contributed by atoms with Crippen LogP contribution in [0.5, 0.6) is 0 Å². The fourth-order valence-electron chi connectivity index (χ4n) is 4.42. The Bertz CT molecular complexity index is 1360. The lowest BCUT2D eigenvalue weighted by Gasteiger charge is -2.22. The van der Waals surface area contributed by atoms with Crippen LogP contribution in [0.1, 0.15) is 11.1 Å². The van der Waals surface area contributed by atoms with Gasteiger partial charge in [-0.1, -0.05) is 59.6 Å². The molecule has 33 heavy (non-hydrogen) atoms. The van der Waals surface area contributed by atoms with Crippen molar-refractivity contribution < 1.29 is 14.3 Å². The second kappa shape index (κ2) is 7.56. The first kappa shape index (κ1) is 20.2. The molecule has 1 aromatic heterocycles. The summed E-state index contributed by atoms with van der Waals surface area (Å²) in [6.45, 7) is 2.76. The van der Waals surface area contributed by atoms with Crippen molar-refractivity contribution in [3.8, 4) is 16.9 Å². The average molecular weight is 458 g/mol. The number of benzene rings is 3. The van der Waals surface area contributed by atoms with Crippen LogP contribution in [0.2, 0.25) is 5.02 Å². The second-order valence-electron chi connectivity index (χ2n) is 8.12. The topological polar surface area (TPSA) is 56.6 Å². The number of amides is 1. The van der Waals surface area contributed by atoms with Gasteiger partial charge in [0.2, 0.25) is 0 Å². The number of carbonyl (C=O) groups is 1. The van der Waals surface area contributed by atoms with Gasteiger partial charge >= 0.3 is 0 Å². The minimum atomic E-state index is -1.42. The highest BCUT2D eigenvalue weighted by atomic mass is 35.5. The van der Waals surface area contributed by atoms with Gasteiger partial charge in [0, 0.05) is 16.1 Å². The zero-order valence-electron chi connectivity index (χ0n) is 17.9. The standard InChI is InChI=1S/C26H20ClN3O3/c1-17-6-12-20(13-7-17)29-16-23(24(28-29)18-8-10-19(27)11-9-18)30-22-5-3-2-4-21(22)26(25(30)31)32-14-15-33-26/h2-13,16H,14-15H2,1H3. The summed E-state index contributed by atoms with van der Waals surface area (Å²) in [6.07, 6.45) is 1.87. The van der Waals surface area contributed by atoms with Crippen LogP contribution < -0.4 is 4.90 Å². The predicted octanol–water partition coefficient (Wildman–Crippen LogP) is 5.38. The maximum absolute atomic E-state index is 13.8. The fourth-order valence-corrected chi connectivity index (χ4v) is 4.55. The van der Waals surface area contributed by atoms with Gasteiger partial charge in [0.1, 0.15) is 5.69 Å². The Morgan fingerprint density at radius 1 is 0.909 bits per heavy atom. The third-order valence-corrected chi connectivity index (χ3v) is 6.28. The SMILES string of the molecule is Cc1ccc(-n2cc(N3C(=O)C4(OCCO4)c4ccccc43)c(-c3ccc(Cl)cc3)n2)cc1. The number of rotatable bonds is 3. The van der Waals surface area contributed by atoms with Gasteiger partial charge in [0.15, 0.2) is 0 Å². The lowest BCUT2D eigenvalue weighted by atomic mass is 10.1. The molecule has 4 aromatic rings. The summed E-state index contributed by atoms with van der Waals surface area (Å²) in [4.78, 5) is 15.5. The molecule has 0 radical (unpaired) electrons. The number of anilines is 2. The number of fused-ring (bicyclic) bond motifs is 2. The molecular weight excluding hydrogens is 438 g/mol. The Kier molecular flexibility index (Phi) is 4.62. The third-order valence-electron chi connectivity index (χ3n) is 6.03. The molecule has 0 aliphatic carbocycles. The van der Waals surface area contributed by atoms with Gasteiger partial charge in [-0.15, -0.1) is 0 Å². The summed E-state index contributed by atoms with van der Waals surface area (Å²) < 4.78 is 13.6. The highest BCUT2D eigenvalue weighted by molar-refractivity contribution is 6.30. The van der Waals surface area contributed by atoms with Crippen LogP contribution in [0.3, 0.4) is 0 Å². The van der Waals surface area contributed by atoms with E-state index in [1.807, 2.05) is 85.9 Å². The van der Waals surface area contributed by atoms with Crippen molar-refractivity contribution >= 4 is 28.9 Å². The smallest absolute Gasteiger partial charge is 0.297 e. The molecule has 0 bridgehead atoms. The summed E-state index contributed by atoms with van der Waals surface area (Å²) in [7, 11) is 0. The Hall–Kier alpha value is -3.45. The number of nitrogens with zero attached hydrogens (tertiary/aromatic N) is 3. The summed E-state index contributed by atoms with van der Waals surface area (Å²) in [5.74, 6) is -1.69. The fraction of sp³-hybridized carbons (Fsp3) is 0.154. The van der Waals surface area contributed by atoms with Gasteiger partial charge in [-0.25, -0.2) is 4.68 Å². The summed E-state index contributed by atoms with van der Waals surface area (Å²) >= 11 is 6.13. The minimum Gasteiger partial charge on any atom is -0.336 e. The van der Waals surface area contributed by atoms with E-state index in [2.05, 4.69) is 0 Å². The largest absolute Gasteiger partial charge is 0.336 e. The quantitative estimate of drug-likeness (QED) is 0.414. The Labute approximate surface area is 195 Å². The molecule has 6 nitrogen and oxygen atoms in total. The molecule has 0 saturated carbocycles. The van der Waals surface area contributed by atoms with Gasteiger partial charge in [0.25, 0.3) is 11.7 Å². The van der Waals surface area contributed by atoms with Crippen molar-refractivity contribution in [1.29, 1.82) is 0 Å². The van der Waals surface area contributed by atoms with Crippen molar-refractivity contribution in [2.24, 2.45) is 0 Å². The normalized spacial score (nSPS) is 16.5. The number of hydrogen-bond acceptors (Lipinski definition) is 4. The molecule has 0 atom stereocenters. The van der Waals surface area contributed by atoms with E-state index in [0.29, 0.717) is 35.2 Å². The average Bonchev–Trinajstić information content (AvgIpc) is 3.54. The molecule has 1 amide bonds. The molecular formula is C26H20ClN3O3. The molecule has 2 aliphatic rings. The number of aromatic nitrogens is 2. The molecule has 2 aliphatic heterocycles. The summed E-state index contributed by atoms with van der Waals surface area (Å²) in [6, 6.07) is 23.1. The van der Waals surface area contributed by atoms with Gasteiger partial charge in [-0.2, -0.15) is 5.10 Å². The van der Waals surface area contributed by atoms with Crippen molar-refractivity contribution in [2.75, 3.05) is 18.1 Å². The molecule has 3 aromatic carbocycles. The van der Waals surface area contributed by atoms with Crippen molar-refractivity contribution in [3.05, 3.63) is 95.1 Å². The molecule has 164 valence electrons. The Morgan fingerprint density at radius 3 is 2.33 bits per heavy atom. The highest BCUT2D eigenvalue weighted by Gasteiger charge is 2.57. The van der Waals surface area contributed by atoms with Crippen LogP contribution in [-0.4, -0.2) is 28.9 Å². The van der Waals surface area contributed by atoms with Gasteiger partial charge < -0.3 is 9.47 Å². The Morgan fingerprint density at radius 2 is 1.61 bits per heavy atom. The molecule has 1 saturated heterocycles. The first-order valence-corrected chi connectivity index (χ1v) is 11.1. The van der Waals surface area contributed by atoms with E-state index in [1.54, 1.807) is 9.58 Å². The molecule has 1 fully saturated rings. The van der Waals surface area contributed by atoms with Crippen molar-refractivity contribution in [1.82, 2.24) is 9.78 Å². The van der Waals surface area contributed by atoms with Crippen molar-refractivity contribution in [2.45, 2.75) is 12.7 Å². The van der Waals surface area contributed by atoms with E-state index in [4.69, 9.17) is 26.2 Å². The molecule has 0 unspecified atom stereocenters. The van der Waals surface area contributed by atoms with Gasteiger partial charge in [-0.3, -0.25) is 9.69 Å². The van der Waals surface area contributed by atoms with Gasteiger partial charge in [0.05, 0.1) is 36.5 Å². The van der Waals surface area contributed by atoms with Crippen molar-refractivity contribution in [3.63, 3.8) is 0 Å². The third kappa shape index (κ3) is 3.10. The van der Waals surface area contributed by atoms with Crippen LogP contribution in [-0.2, 0) is 20.1 Å². The van der Waals surface area contributed by atoms with E-state index >= 15 is 0 Å². The van der Waals surface area contributed by atoms with E-state index < -0.39 is 5.79 Å². The Balaban J connectivity index is 1.56. The first-order valence-electron chi connectivity index (χ1n) is 10.7. The van der Waals surface area contributed by atoms with Crippen LogP contribution in [0, 0.1) is 6.92 Å². The molecule has 6 rings (SSSR count).